The predicted molar refractivity (Wildman–Crippen MR) is 38.5 cm³/mol. The van der Waals surface area contributed by atoms with Gasteiger partial charge in [-0.25, -0.2) is 0 Å². The predicted octanol–water partition coefficient (Wildman–Crippen LogP) is -0.473. The van der Waals surface area contributed by atoms with Crippen LogP contribution in [0.3, 0.4) is 0 Å². The van der Waals surface area contributed by atoms with Crippen molar-refractivity contribution < 1.29 is 18.1 Å². The molecule has 60 valence electrons. The Labute approximate surface area is 68.6 Å². The minimum absolute atomic E-state index is 1.69. The van der Waals surface area contributed by atoms with Gasteiger partial charge in [-0.2, -0.15) is 0 Å². The summed E-state index contributed by atoms with van der Waals surface area (Å²) in [6, 6.07) is -2.13. The Hall–Kier alpha value is -0.610. The second-order valence-corrected chi connectivity index (χ2v) is 1.46. The molecular weight excluding hydrogens is 132 g/mol. The van der Waals surface area contributed by atoms with Gasteiger partial charge in [-0.15, -0.1) is 0 Å². The lowest BCUT2D eigenvalue weighted by Crippen LogP contribution is -2.29. The van der Waals surface area contributed by atoms with Gasteiger partial charge in [0.15, 0.2) is 0 Å². The molecule has 0 radical (unpaired) electrons. The molecule has 0 aliphatic carbocycles. The molecule has 0 rings (SSSR count). The molecule has 5 N–H and O–H groups in total. The smallest absolute Gasteiger partial charge is 0.320 e. The second kappa shape index (κ2) is 5.20. The van der Waals surface area contributed by atoms with Crippen molar-refractivity contribution in [3.05, 3.63) is 0 Å². The van der Waals surface area contributed by atoms with Crippen molar-refractivity contribution in [2.75, 3.05) is 6.52 Å². The quantitative estimate of drug-likeness (QED) is 0.496. The van der Waals surface area contributed by atoms with Crippen molar-refractivity contribution >= 4 is 5.97 Å². The maximum atomic E-state index is 10.5. The third-order valence-corrected chi connectivity index (χ3v) is 0.684. The van der Waals surface area contributed by atoms with Gasteiger partial charge in [-0.3, -0.25) is 4.79 Å². The molecule has 0 unspecified atom stereocenters. The molecule has 0 heterocycles. The van der Waals surface area contributed by atoms with E-state index in [1.54, 1.807) is 0 Å². The summed E-state index contributed by atoms with van der Waals surface area (Å²) in [5, 5.41) is 8.53. The van der Waals surface area contributed by atoms with Crippen LogP contribution in [0.4, 0.5) is 0 Å². The Morgan fingerprint density at radius 1 is 1.80 bits per heavy atom. The highest BCUT2D eigenvalue weighted by atomic mass is 16.4. The Morgan fingerprint density at radius 2 is 2.40 bits per heavy atom. The summed E-state index contributed by atoms with van der Waals surface area (Å²) in [6.07, 6.45) is -7.87. The van der Waals surface area contributed by atoms with Crippen LogP contribution in [-0.4, -0.2) is 23.6 Å². The van der Waals surface area contributed by atoms with Gasteiger partial charge in [0.25, 0.3) is 0 Å². The minimum Gasteiger partial charge on any atom is -0.480 e. The number of rotatable bonds is 5. The van der Waals surface area contributed by atoms with E-state index in [1.807, 2.05) is 0 Å². The van der Waals surface area contributed by atoms with Gasteiger partial charge in [-0.1, -0.05) is 6.37 Å². The average molecular weight is 152 g/mol. The maximum Gasteiger partial charge on any atom is 0.320 e. The van der Waals surface area contributed by atoms with Gasteiger partial charge in [0, 0.05) is 8.22 Å². The first-order chi connectivity index (χ1) is 6.96. The first-order valence-electron chi connectivity index (χ1n) is 5.70. The summed E-state index contributed by atoms with van der Waals surface area (Å²) in [7, 11) is 0. The average Bonchev–Trinajstić information content (AvgIpc) is 2.14. The molecule has 0 aliphatic rings. The van der Waals surface area contributed by atoms with Crippen molar-refractivity contribution in [2.24, 2.45) is 11.5 Å². The van der Waals surface area contributed by atoms with Gasteiger partial charge < -0.3 is 16.6 Å². The largest absolute Gasteiger partial charge is 0.480 e. The minimum atomic E-state index is -3.00. The zero-order valence-electron chi connectivity index (χ0n) is 11.2. The highest BCUT2D eigenvalue weighted by molar-refractivity contribution is 5.72. The zero-order chi connectivity index (χ0) is 13.3. The van der Waals surface area contributed by atoms with Crippen LogP contribution in [0.1, 0.15) is 27.4 Å². The number of carboxylic acid groups (broad SMARTS) is 1. The summed E-state index contributed by atoms with van der Waals surface area (Å²) in [6.45, 7) is -1.69. The fourth-order valence-electron chi connectivity index (χ4n) is 0.248. The molecule has 4 heteroatoms. The van der Waals surface area contributed by atoms with Crippen LogP contribution in [0.15, 0.2) is 0 Å². The highest BCUT2D eigenvalue weighted by Gasteiger charge is 2.09. The van der Waals surface area contributed by atoms with Crippen molar-refractivity contribution in [3.8, 4) is 0 Å². The summed E-state index contributed by atoms with van der Waals surface area (Å²) < 4.78 is 43.5. The number of carbonyl (C=O) groups is 1. The molecule has 3 atom stereocenters. The number of hydrogen-bond donors (Lipinski definition) is 3. The Kier molecular flexibility index (Phi) is 1.66. The van der Waals surface area contributed by atoms with Crippen LogP contribution in [0.5, 0.6) is 0 Å². The van der Waals surface area contributed by atoms with E-state index in [2.05, 4.69) is 0 Å². The molecule has 0 saturated heterocycles. The van der Waals surface area contributed by atoms with Gasteiger partial charge in [-0.05, 0) is 19.3 Å². The third-order valence-electron chi connectivity index (χ3n) is 0.684. The maximum absolute atomic E-state index is 10.5. The highest BCUT2D eigenvalue weighted by Crippen LogP contribution is 1.96. The van der Waals surface area contributed by atoms with Crippen LogP contribution < -0.4 is 11.5 Å². The van der Waals surface area contributed by atoms with Gasteiger partial charge >= 0.3 is 5.97 Å². The van der Waals surface area contributed by atoms with E-state index in [1.165, 1.54) is 0 Å². The standard InChI is InChI=1S/C6H14N2O2/c7-4-2-1-3-5(8)6(9)10/h5H,1-4,7-8H2,(H,9,10)/t5-/m0/s1/i1D2,2D,3D2,4D/t2-,4-,5-. The SMILES string of the molecule is [2H][C@H](N)[C@@H]([2H])C([2H])([2H])C([2H])([2H])[C@H](N)C(=O)O. The Balaban J connectivity index is 5.19. The molecule has 0 aliphatic heterocycles. The topological polar surface area (TPSA) is 89.3 Å². The molecular formula is C6H14N2O2. The normalized spacial score (nSPS) is 31.0. The Morgan fingerprint density at radius 3 is 2.80 bits per heavy atom. The van der Waals surface area contributed by atoms with Gasteiger partial charge in [0.1, 0.15) is 6.04 Å². The lowest BCUT2D eigenvalue weighted by Gasteiger charge is -2.03. The van der Waals surface area contributed by atoms with E-state index in [0.29, 0.717) is 0 Å². The zero-order valence-corrected chi connectivity index (χ0v) is 5.24. The van der Waals surface area contributed by atoms with Crippen LogP contribution in [-0.2, 0) is 4.79 Å². The van der Waals surface area contributed by atoms with Crippen LogP contribution >= 0.6 is 0 Å². The van der Waals surface area contributed by atoms with E-state index >= 15 is 0 Å². The molecule has 0 amide bonds. The van der Waals surface area contributed by atoms with E-state index in [0.717, 1.165) is 0 Å². The van der Waals surface area contributed by atoms with E-state index in [-0.39, 0.29) is 0 Å². The molecule has 0 bridgehead atoms. The molecule has 0 fully saturated rings. The fourth-order valence-corrected chi connectivity index (χ4v) is 0.248. The molecule has 0 saturated carbocycles. The monoisotopic (exact) mass is 152 g/mol. The van der Waals surface area contributed by atoms with E-state index in [9.17, 15) is 4.79 Å². The third kappa shape index (κ3) is 4.29. The van der Waals surface area contributed by atoms with Crippen molar-refractivity contribution in [1.82, 2.24) is 0 Å². The van der Waals surface area contributed by atoms with E-state index < -0.39 is 37.7 Å². The second-order valence-electron chi connectivity index (χ2n) is 1.46. The van der Waals surface area contributed by atoms with Crippen molar-refractivity contribution in [3.63, 3.8) is 0 Å². The summed E-state index contributed by atoms with van der Waals surface area (Å²) in [5.74, 6) is -1.72. The molecule has 0 spiro atoms. The first-order valence-corrected chi connectivity index (χ1v) is 2.54. The van der Waals surface area contributed by atoms with Gasteiger partial charge in [0.2, 0.25) is 0 Å². The molecule has 0 aromatic heterocycles. The molecule has 0 aromatic rings. The number of nitrogens with two attached hydrogens (primary N) is 2. The van der Waals surface area contributed by atoms with E-state index in [4.69, 9.17) is 24.8 Å². The van der Waals surface area contributed by atoms with Gasteiger partial charge in [0.05, 0.1) is 0 Å². The van der Waals surface area contributed by atoms with Crippen molar-refractivity contribution in [2.45, 2.75) is 25.2 Å². The molecule has 0 aromatic carbocycles. The lowest BCUT2D eigenvalue weighted by molar-refractivity contribution is -0.138. The van der Waals surface area contributed by atoms with Crippen LogP contribution in [0, 0.1) is 0 Å². The Bertz CT molecular complexity index is 272. The molecule has 4 nitrogen and oxygen atoms in total. The van der Waals surface area contributed by atoms with Crippen LogP contribution in [0.2, 0.25) is 0 Å². The van der Waals surface area contributed by atoms with Crippen LogP contribution in [0.25, 0.3) is 0 Å². The first kappa shape index (κ1) is 3.19. The molecule has 10 heavy (non-hydrogen) atoms. The number of carboxylic acids is 1. The fraction of sp³-hybridized carbons (Fsp3) is 0.833. The summed E-state index contributed by atoms with van der Waals surface area (Å²) in [5.41, 5.74) is 10.00. The van der Waals surface area contributed by atoms with Crippen molar-refractivity contribution in [1.29, 1.82) is 0 Å². The summed E-state index contributed by atoms with van der Waals surface area (Å²) in [4.78, 5) is 10.5. The lowest BCUT2D eigenvalue weighted by atomic mass is 10.1. The number of aliphatic carboxylic acids is 1. The summed E-state index contributed by atoms with van der Waals surface area (Å²) >= 11 is 0. The number of hydrogen-bond acceptors (Lipinski definition) is 3.